The van der Waals surface area contributed by atoms with E-state index in [0.717, 1.165) is 0 Å². The van der Waals surface area contributed by atoms with Gasteiger partial charge >= 0.3 is 0 Å². The summed E-state index contributed by atoms with van der Waals surface area (Å²) in [6.07, 6.45) is 2.07. The van der Waals surface area contributed by atoms with Crippen LogP contribution in [0.3, 0.4) is 0 Å². The molecule has 0 saturated carbocycles. The van der Waals surface area contributed by atoms with Crippen molar-refractivity contribution in [3.05, 3.63) is 18.3 Å². The number of hydrogen-bond donors (Lipinski definition) is 3. The molecule has 4 N–H and O–H groups in total. The highest BCUT2D eigenvalue weighted by Gasteiger charge is 2.23. The van der Waals surface area contributed by atoms with Crippen LogP contribution in [0.4, 0.5) is 5.82 Å². The van der Waals surface area contributed by atoms with Gasteiger partial charge in [-0.15, -0.1) is 0 Å². The lowest BCUT2D eigenvalue weighted by molar-refractivity contribution is 0.192. The quantitative estimate of drug-likeness (QED) is 0.493. The fraction of sp³-hybridized carbons (Fsp3) is 0.444. The van der Waals surface area contributed by atoms with E-state index in [1.54, 1.807) is 0 Å². The molecule has 1 aromatic rings. The number of hydrogen-bond acceptors (Lipinski definition) is 6. The van der Waals surface area contributed by atoms with Crippen molar-refractivity contribution < 1.29 is 13.2 Å². The Hall–Kier alpha value is -1.22. The maximum absolute atomic E-state index is 12.0. The van der Waals surface area contributed by atoms with Gasteiger partial charge in [0.05, 0.1) is 11.5 Å². The standard InChI is InChI=1S/C9H14N4O3S/c10-12-9-5-8(1-3-11-9)17(14,15)13-7-2-4-16-6-7/h1,3,5,7,13H,2,4,6,10H2,(H,11,12). The fourth-order valence-corrected chi connectivity index (χ4v) is 2.84. The van der Waals surface area contributed by atoms with E-state index in [1.807, 2.05) is 0 Å². The Morgan fingerprint density at radius 3 is 3.00 bits per heavy atom. The van der Waals surface area contributed by atoms with Crippen LogP contribution in [0.2, 0.25) is 0 Å². The van der Waals surface area contributed by atoms with Crippen LogP contribution in [0.1, 0.15) is 6.42 Å². The van der Waals surface area contributed by atoms with Crippen LogP contribution >= 0.6 is 0 Å². The molecule has 7 nitrogen and oxygen atoms in total. The van der Waals surface area contributed by atoms with Gasteiger partial charge in [-0.1, -0.05) is 0 Å². The van der Waals surface area contributed by atoms with Crippen LogP contribution in [0.15, 0.2) is 23.2 Å². The van der Waals surface area contributed by atoms with Gasteiger partial charge in [-0.05, 0) is 12.5 Å². The third-order valence-corrected chi connectivity index (χ3v) is 3.96. The lowest BCUT2D eigenvalue weighted by Crippen LogP contribution is -2.35. The highest BCUT2D eigenvalue weighted by atomic mass is 32.2. The number of anilines is 1. The van der Waals surface area contributed by atoms with Crippen LogP contribution in [-0.4, -0.2) is 32.7 Å². The third-order valence-electron chi connectivity index (χ3n) is 2.44. The first kappa shape index (κ1) is 12.2. The van der Waals surface area contributed by atoms with Crippen molar-refractivity contribution in [3.8, 4) is 0 Å². The predicted molar refractivity (Wildman–Crippen MR) is 61.6 cm³/mol. The molecular formula is C9H14N4O3S. The van der Waals surface area contributed by atoms with Gasteiger partial charge in [-0.2, -0.15) is 0 Å². The molecule has 0 spiro atoms. The molecule has 0 amide bonds. The molecule has 1 unspecified atom stereocenters. The number of pyridine rings is 1. The van der Waals surface area contributed by atoms with E-state index >= 15 is 0 Å². The van der Waals surface area contributed by atoms with Gasteiger partial charge in [0, 0.05) is 24.9 Å². The molecule has 1 aliphatic heterocycles. The zero-order chi connectivity index (χ0) is 12.3. The summed E-state index contributed by atoms with van der Waals surface area (Å²) in [5.74, 6) is 5.48. The van der Waals surface area contributed by atoms with Gasteiger partial charge in [-0.25, -0.2) is 24.0 Å². The van der Waals surface area contributed by atoms with E-state index in [2.05, 4.69) is 15.1 Å². The van der Waals surface area contributed by atoms with Crippen molar-refractivity contribution in [2.75, 3.05) is 18.6 Å². The number of nitrogens with two attached hydrogens (primary N) is 1. The molecule has 0 bridgehead atoms. The maximum atomic E-state index is 12.0. The average Bonchev–Trinajstić information content (AvgIpc) is 2.81. The number of aromatic nitrogens is 1. The first-order valence-electron chi connectivity index (χ1n) is 5.14. The number of nitrogens with zero attached hydrogens (tertiary/aromatic N) is 1. The summed E-state index contributed by atoms with van der Waals surface area (Å²) in [7, 11) is -3.54. The minimum atomic E-state index is -3.54. The first-order chi connectivity index (χ1) is 8.12. The second-order valence-electron chi connectivity index (χ2n) is 3.70. The average molecular weight is 258 g/mol. The zero-order valence-electron chi connectivity index (χ0n) is 9.09. The summed E-state index contributed by atoms with van der Waals surface area (Å²) < 4.78 is 31.7. The monoisotopic (exact) mass is 258 g/mol. The molecule has 1 saturated heterocycles. The van der Waals surface area contributed by atoms with Gasteiger partial charge < -0.3 is 10.2 Å². The predicted octanol–water partition coefficient (Wildman–Crippen LogP) is -0.566. The summed E-state index contributed by atoms with van der Waals surface area (Å²) in [4.78, 5) is 3.98. The van der Waals surface area contributed by atoms with E-state index in [1.165, 1.54) is 18.3 Å². The van der Waals surface area contributed by atoms with Crippen molar-refractivity contribution in [3.63, 3.8) is 0 Å². The SMILES string of the molecule is NNc1cc(S(=O)(=O)NC2CCOC2)ccn1. The molecule has 2 heterocycles. The van der Waals surface area contributed by atoms with E-state index in [4.69, 9.17) is 10.6 Å². The number of sulfonamides is 1. The molecule has 1 aliphatic rings. The van der Waals surface area contributed by atoms with Crippen LogP contribution in [0.5, 0.6) is 0 Å². The number of ether oxygens (including phenoxy) is 1. The van der Waals surface area contributed by atoms with Gasteiger partial charge in [0.2, 0.25) is 10.0 Å². The van der Waals surface area contributed by atoms with E-state index < -0.39 is 10.0 Å². The van der Waals surface area contributed by atoms with Gasteiger partial charge in [0.25, 0.3) is 0 Å². The fourth-order valence-electron chi connectivity index (χ4n) is 1.57. The summed E-state index contributed by atoms with van der Waals surface area (Å²) in [6, 6.07) is 2.62. The molecule has 0 radical (unpaired) electrons. The van der Waals surface area contributed by atoms with Crippen molar-refractivity contribution in [1.29, 1.82) is 0 Å². The summed E-state index contributed by atoms with van der Waals surface area (Å²) in [5.41, 5.74) is 2.31. The van der Waals surface area contributed by atoms with Crippen LogP contribution < -0.4 is 16.0 Å². The Morgan fingerprint density at radius 2 is 2.35 bits per heavy atom. The topological polar surface area (TPSA) is 106 Å². The third kappa shape index (κ3) is 2.91. The number of rotatable bonds is 4. The molecular weight excluding hydrogens is 244 g/mol. The van der Waals surface area contributed by atoms with Crippen molar-refractivity contribution in [2.24, 2.45) is 5.84 Å². The largest absolute Gasteiger partial charge is 0.380 e. The van der Waals surface area contributed by atoms with Crippen molar-refractivity contribution in [2.45, 2.75) is 17.4 Å². The second-order valence-corrected chi connectivity index (χ2v) is 5.42. The highest BCUT2D eigenvalue weighted by Crippen LogP contribution is 2.14. The molecule has 94 valence electrons. The summed E-state index contributed by atoms with van der Waals surface area (Å²) in [6.45, 7) is 0.992. The minimum absolute atomic E-state index is 0.132. The van der Waals surface area contributed by atoms with Gasteiger partial charge in [0.1, 0.15) is 5.82 Å². The number of nitrogen functional groups attached to an aromatic ring is 1. The van der Waals surface area contributed by atoms with Crippen molar-refractivity contribution >= 4 is 15.8 Å². The molecule has 1 aromatic heterocycles. The Labute approximate surface area is 99.4 Å². The molecule has 0 aromatic carbocycles. The van der Waals surface area contributed by atoms with E-state index in [0.29, 0.717) is 25.5 Å². The number of nitrogens with one attached hydrogen (secondary N) is 2. The lowest BCUT2D eigenvalue weighted by atomic mass is 10.3. The Kier molecular flexibility index (Phi) is 3.57. The first-order valence-corrected chi connectivity index (χ1v) is 6.63. The Morgan fingerprint density at radius 1 is 1.53 bits per heavy atom. The normalized spacial score (nSPS) is 20.4. The lowest BCUT2D eigenvalue weighted by Gasteiger charge is -2.11. The molecule has 0 aliphatic carbocycles. The van der Waals surface area contributed by atoms with E-state index in [-0.39, 0.29) is 10.9 Å². The highest BCUT2D eigenvalue weighted by molar-refractivity contribution is 7.89. The summed E-state index contributed by atoms with van der Waals surface area (Å²) >= 11 is 0. The van der Waals surface area contributed by atoms with Gasteiger partial charge in [-0.3, -0.25) is 0 Å². The van der Waals surface area contributed by atoms with Crippen LogP contribution in [0, 0.1) is 0 Å². The van der Waals surface area contributed by atoms with E-state index in [9.17, 15) is 8.42 Å². The van der Waals surface area contributed by atoms with Crippen LogP contribution in [-0.2, 0) is 14.8 Å². The second kappa shape index (κ2) is 4.96. The van der Waals surface area contributed by atoms with Gasteiger partial charge in [0.15, 0.2) is 0 Å². The molecule has 2 rings (SSSR count). The molecule has 1 atom stereocenters. The molecule has 1 fully saturated rings. The summed E-state index contributed by atoms with van der Waals surface area (Å²) in [5, 5.41) is 0. The van der Waals surface area contributed by atoms with Crippen molar-refractivity contribution in [1.82, 2.24) is 9.71 Å². The van der Waals surface area contributed by atoms with Crippen LogP contribution in [0.25, 0.3) is 0 Å². The minimum Gasteiger partial charge on any atom is -0.380 e. The maximum Gasteiger partial charge on any atom is 0.241 e. The smallest absolute Gasteiger partial charge is 0.241 e. The Balaban J connectivity index is 2.18. The zero-order valence-corrected chi connectivity index (χ0v) is 9.90. The molecule has 17 heavy (non-hydrogen) atoms. The Bertz CT molecular complexity index is 485. The number of hydrazine groups is 1. The molecule has 8 heteroatoms.